The Kier molecular flexibility index (Phi) is 8.74. The number of hydrogen-bond donors (Lipinski definition) is 1. The van der Waals surface area contributed by atoms with Crippen LogP contribution in [-0.2, 0) is 19.1 Å². The third-order valence-electron chi connectivity index (χ3n) is 3.15. The summed E-state index contributed by atoms with van der Waals surface area (Å²) >= 11 is 0. The van der Waals surface area contributed by atoms with Crippen molar-refractivity contribution in [2.75, 3.05) is 36.9 Å². The first-order chi connectivity index (χ1) is 11.6. The monoisotopic (exact) mass is 332 g/mol. The highest BCUT2D eigenvalue weighted by molar-refractivity contribution is 5.72. The Morgan fingerprint density at radius 2 is 1.42 bits per heavy atom. The van der Waals surface area contributed by atoms with Gasteiger partial charge in [-0.3, -0.25) is 9.59 Å². The molecule has 0 aromatic heterocycles. The van der Waals surface area contributed by atoms with Gasteiger partial charge in [0.1, 0.15) is 13.2 Å². The Bertz CT molecular complexity index is 527. The van der Waals surface area contributed by atoms with Gasteiger partial charge in [0.2, 0.25) is 0 Å². The lowest BCUT2D eigenvalue weighted by Gasteiger charge is -2.24. The molecule has 0 saturated carbocycles. The van der Waals surface area contributed by atoms with E-state index in [0.717, 1.165) is 5.69 Å². The molecule has 24 heavy (non-hydrogen) atoms. The SMILES string of the molecule is C=CCOC(=O)CCN(CCC(=O)OCC=C)c1ccc(N)cc1. The van der Waals surface area contributed by atoms with Crippen molar-refractivity contribution < 1.29 is 19.1 Å². The van der Waals surface area contributed by atoms with Gasteiger partial charge in [-0.15, -0.1) is 0 Å². The van der Waals surface area contributed by atoms with Crippen molar-refractivity contribution in [1.82, 2.24) is 0 Å². The minimum atomic E-state index is -0.315. The van der Waals surface area contributed by atoms with Crippen molar-refractivity contribution in [3.8, 4) is 0 Å². The van der Waals surface area contributed by atoms with Crippen molar-refractivity contribution in [2.45, 2.75) is 12.8 Å². The van der Waals surface area contributed by atoms with Crippen LogP contribution in [0.3, 0.4) is 0 Å². The molecular weight excluding hydrogens is 308 g/mol. The normalized spacial score (nSPS) is 9.83. The van der Waals surface area contributed by atoms with Crippen LogP contribution in [0.1, 0.15) is 12.8 Å². The van der Waals surface area contributed by atoms with E-state index < -0.39 is 0 Å². The molecule has 0 unspecified atom stereocenters. The summed E-state index contributed by atoms with van der Waals surface area (Å²) in [5.74, 6) is -0.630. The average molecular weight is 332 g/mol. The van der Waals surface area contributed by atoms with Gasteiger partial charge in [-0.25, -0.2) is 0 Å². The number of benzene rings is 1. The standard InChI is InChI=1S/C18H24N2O4/c1-3-13-23-17(21)9-11-20(12-10-18(22)24-14-4-2)16-7-5-15(19)6-8-16/h3-8H,1-2,9-14,19H2. The number of ether oxygens (including phenoxy) is 2. The van der Waals surface area contributed by atoms with Crippen LogP contribution in [0.4, 0.5) is 11.4 Å². The Morgan fingerprint density at radius 1 is 0.958 bits per heavy atom. The van der Waals surface area contributed by atoms with Gasteiger partial charge in [0.25, 0.3) is 0 Å². The Labute approximate surface area is 142 Å². The van der Waals surface area contributed by atoms with Gasteiger partial charge in [0.05, 0.1) is 12.8 Å². The third kappa shape index (κ3) is 7.49. The van der Waals surface area contributed by atoms with Gasteiger partial charge >= 0.3 is 11.9 Å². The number of nitrogens with two attached hydrogens (primary N) is 1. The first-order valence-electron chi connectivity index (χ1n) is 7.70. The summed E-state index contributed by atoms with van der Waals surface area (Å²) in [5.41, 5.74) is 7.22. The molecule has 0 radical (unpaired) electrons. The van der Waals surface area contributed by atoms with E-state index in [1.54, 1.807) is 12.1 Å². The molecule has 0 bridgehead atoms. The number of anilines is 2. The zero-order valence-electron chi connectivity index (χ0n) is 13.8. The maximum Gasteiger partial charge on any atom is 0.307 e. The van der Waals surface area contributed by atoms with Crippen LogP contribution in [0.2, 0.25) is 0 Å². The van der Waals surface area contributed by atoms with E-state index in [-0.39, 0.29) is 38.0 Å². The summed E-state index contributed by atoms with van der Waals surface area (Å²) in [4.78, 5) is 25.2. The van der Waals surface area contributed by atoms with E-state index in [4.69, 9.17) is 15.2 Å². The molecule has 0 fully saturated rings. The minimum Gasteiger partial charge on any atom is -0.461 e. The van der Waals surface area contributed by atoms with Gasteiger partial charge in [-0.05, 0) is 24.3 Å². The Balaban J connectivity index is 2.63. The van der Waals surface area contributed by atoms with Crippen molar-refractivity contribution in [1.29, 1.82) is 0 Å². The van der Waals surface area contributed by atoms with Crippen molar-refractivity contribution in [3.63, 3.8) is 0 Å². The zero-order chi connectivity index (χ0) is 17.8. The first kappa shape index (κ1) is 19.3. The molecule has 1 aromatic carbocycles. The molecule has 0 spiro atoms. The number of rotatable bonds is 11. The zero-order valence-corrected chi connectivity index (χ0v) is 13.8. The number of esters is 2. The second-order valence-electron chi connectivity index (χ2n) is 5.02. The van der Waals surface area contributed by atoms with Gasteiger partial charge in [-0.2, -0.15) is 0 Å². The summed E-state index contributed by atoms with van der Waals surface area (Å²) < 4.78 is 9.94. The van der Waals surface area contributed by atoms with E-state index in [0.29, 0.717) is 18.8 Å². The number of nitrogens with zero attached hydrogens (tertiary/aromatic N) is 1. The summed E-state index contributed by atoms with van der Waals surface area (Å²) in [5, 5.41) is 0. The molecule has 0 saturated heterocycles. The highest BCUT2D eigenvalue weighted by Crippen LogP contribution is 2.17. The number of carbonyl (C=O) groups excluding carboxylic acids is 2. The molecule has 130 valence electrons. The van der Waals surface area contributed by atoms with Gasteiger partial charge in [0.15, 0.2) is 0 Å². The van der Waals surface area contributed by atoms with E-state index in [2.05, 4.69) is 13.2 Å². The smallest absolute Gasteiger partial charge is 0.307 e. The van der Waals surface area contributed by atoms with Crippen LogP contribution in [0.15, 0.2) is 49.6 Å². The molecule has 0 aliphatic carbocycles. The summed E-state index contributed by atoms with van der Waals surface area (Å²) in [6.45, 7) is 8.23. The van der Waals surface area contributed by atoms with Crippen LogP contribution >= 0.6 is 0 Å². The maximum atomic E-state index is 11.7. The molecule has 0 amide bonds. The van der Waals surface area contributed by atoms with Crippen molar-refractivity contribution in [2.24, 2.45) is 0 Å². The fraction of sp³-hybridized carbons (Fsp3) is 0.333. The van der Waals surface area contributed by atoms with E-state index in [1.165, 1.54) is 12.2 Å². The van der Waals surface area contributed by atoms with Gasteiger partial charge in [0, 0.05) is 24.5 Å². The van der Waals surface area contributed by atoms with Crippen LogP contribution in [0.5, 0.6) is 0 Å². The quantitative estimate of drug-likeness (QED) is 0.380. The lowest BCUT2D eigenvalue weighted by Crippen LogP contribution is -2.29. The lowest BCUT2D eigenvalue weighted by atomic mass is 10.2. The Morgan fingerprint density at radius 3 is 1.83 bits per heavy atom. The summed E-state index contributed by atoms with van der Waals surface area (Å²) in [6, 6.07) is 7.24. The molecule has 1 aromatic rings. The number of hydrogen-bond acceptors (Lipinski definition) is 6. The topological polar surface area (TPSA) is 81.9 Å². The maximum absolute atomic E-state index is 11.7. The molecule has 6 heteroatoms. The average Bonchev–Trinajstić information content (AvgIpc) is 2.59. The largest absolute Gasteiger partial charge is 0.461 e. The van der Waals surface area contributed by atoms with Crippen LogP contribution in [0.25, 0.3) is 0 Å². The highest BCUT2D eigenvalue weighted by atomic mass is 16.5. The van der Waals surface area contributed by atoms with Crippen molar-refractivity contribution in [3.05, 3.63) is 49.6 Å². The molecule has 2 N–H and O–H groups in total. The molecule has 0 atom stereocenters. The minimum absolute atomic E-state index is 0.189. The molecule has 0 aliphatic rings. The van der Waals surface area contributed by atoms with E-state index in [9.17, 15) is 9.59 Å². The molecule has 0 aliphatic heterocycles. The predicted molar refractivity (Wildman–Crippen MR) is 94.6 cm³/mol. The fourth-order valence-electron chi connectivity index (χ4n) is 1.96. The molecule has 1 rings (SSSR count). The molecule has 6 nitrogen and oxygen atoms in total. The molecule has 0 heterocycles. The van der Waals surface area contributed by atoms with Crippen LogP contribution in [-0.4, -0.2) is 38.2 Å². The number of nitrogen functional groups attached to an aromatic ring is 1. The van der Waals surface area contributed by atoms with Gasteiger partial charge in [-0.1, -0.05) is 25.3 Å². The third-order valence-corrected chi connectivity index (χ3v) is 3.15. The molecular formula is C18H24N2O4. The second kappa shape index (κ2) is 10.9. The van der Waals surface area contributed by atoms with Gasteiger partial charge < -0.3 is 20.1 Å². The van der Waals surface area contributed by atoms with Crippen molar-refractivity contribution >= 4 is 23.3 Å². The summed E-state index contributed by atoms with van der Waals surface area (Å²) in [6.07, 6.45) is 3.45. The first-order valence-corrected chi connectivity index (χ1v) is 7.70. The van der Waals surface area contributed by atoms with Crippen LogP contribution < -0.4 is 10.6 Å². The fourth-order valence-corrected chi connectivity index (χ4v) is 1.96. The van der Waals surface area contributed by atoms with Crippen LogP contribution in [0, 0.1) is 0 Å². The highest BCUT2D eigenvalue weighted by Gasteiger charge is 2.12. The summed E-state index contributed by atoms with van der Waals surface area (Å²) in [7, 11) is 0. The predicted octanol–water partition coefficient (Wildman–Crippen LogP) is 2.31. The Hall–Kier alpha value is -2.76. The second-order valence-corrected chi connectivity index (χ2v) is 5.02. The lowest BCUT2D eigenvalue weighted by molar-refractivity contribution is -0.142. The number of carbonyl (C=O) groups is 2. The van der Waals surface area contributed by atoms with E-state index in [1.807, 2.05) is 17.0 Å². The van der Waals surface area contributed by atoms with E-state index >= 15 is 0 Å².